The highest BCUT2D eigenvalue weighted by molar-refractivity contribution is 5.92. The van der Waals surface area contributed by atoms with Gasteiger partial charge in [0.25, 0.3) is 0 Å². The lowest BCUT2D eigenvalue weighted by Crippen LogP contribution is -2.27. The molecule has 2 N–H and O–H groups in total. The standard InChI is InChI=1S/C15H15FN2O/c16-14-9-5-4-6-12(14)10-17-11-15(19)18-13-7-2-1-3-8-13/h1-9,17H,10-11H2,(H,18,19). The van der Waals surface area contributed by atoms with Gasteiger partial charge in [-0.3, -0.25) is 4.79 Å². The first-order valence-corrected chi connectivity index (χ1v) is 6.05. The molecule has 0 unspecified atom stereocenters. The summed E-state index contributed by atoms with van der Waals surface area (Å²) < 4.78 is 13.3. The van der Waals surface area contributed by atoms with Crippen molar-refractivity contribution in [1.82, 2.24) is 5.32 Å². The highest BCUT2D eigenvalue weighted by Gasteiger charge is 2.03. The van der Waals surface area contributed by atoms with Gasteiger partial charge in [-0.2, -0.15) is 0 Å². The third-order valence-corrected chi connectivity index (χ3v) is 2.62. The molecule has 0 bridgehead atoms. The van der Waals surface area contributed by atoms with E-state index in [9.17, 15) is 9.18 Å². The highest BCUT2D eigenvalue weighted by atomic mass is 19.1. The molecule has 1 amide bonds. The van der Waals surface area contributed by atoms with E-state index in [1.165, 1.54) is 6.07 Å². The van der Waals surface area contributed by atoms with E-state index in [0.717, 1.165) is 5.69 Å². The van der Waals surface area contributed by atoms with Crippen LogP contribution in [-0.2, 0) is 11.3 Å². The van der Waals surface area contributed by atoms with Gasteiger partial charge < -0.3 is 10.6 Å². The number of amides is 1. The average molecular weight is 258 g/mol. The minimum absolute atomic E-state index is 0.142. The van der Waals surface area contributed by atoms with E-state index in [4.69, 9.17) is 0 Å². The molecule has 0 atom stereocenters. The number of rotatable bonds is 5. The highest BCUT2D eigenvalue weighted by Crippen LogP contribution is 2.06. The summed E-state index contributed by atoms with van der Waals surface area (Å²) in [6, 6.07) is 15.7. The summed E-state index contributed by atoms with van der Waals surface area (Å²) in [5, 5.41) is 5.66. The van der Waals surface area contributed by atoms with Crippen LogP contribution in [0.5, 0.6) is 0 Å². The summed E-state index contributed by atoms with van der Waals surface area (Å²) in [4.78, 5) is 11.6. The minimum Gasteiger partial charge on any atom is -0.325 e. The third kappa shape index (κ3) is 4.19. The number of carbonyl (C=O) groups is 1. The van der Waals surface area contributed by atoms with Crippen molar-refractivity contribution in [2.24, 2.45) is 0 Å². The second-order valence-electron chi connectivity index (χ2n) is 4.11. The molecule has 4 heteroatoms. The van der Waals surface area contributed by atoms with E-state index < -0.39 is 0 Å². The predicted molar refractivity (Wildman–Crippen MR) is 73.2 cm³/mol. The lowest BCUT2D eigenvalue weighted by Gasteiger charge is -2.07. The lowest BCUT2D eigenvalue weighted by molar-refractivity contribution is -0.115. The SMILES string of the molecule is O=C(CNCc1ccccc1F)Nc1ccccc1. The molecular formula is C15H15FN2O. The smallest absolute Gasteiger partial charge is 0.238 e. The molecule has 0 radical (unpaired) electrons. The van der Waals surface area contributed by atoms with E-state index in [0.29, 0.717) is 12.1 Å². The Morgan fingerprint density at radius 2 is 1.68 bits per heavy atom. The van der Waals surface area contributed by atoms with E-state index in [-0.39, 0.29) is 18.3 Å². The number of nitrogens with one attached hydrogen (secondary N) is 2. The Hall–Kier alpha value is -2.20. The summed E-state index contributed by atoms with van der Waals surface area (Å²) >= 11 is 0. The van der Waals surface area contributed by atoms with E-state index in [1.807, 2.05) is 30.3 Å². The van der Waals surface area contributed by atoms with Crippen LogP contribution in [0.4, 0.5) is 10.1 Å². The van der Waals surface area contributed by atoms with Gasteiger partial charge in [0.05, 0.1) is 6.54 Å². The van der Waals surface area contributed by atoms with Gasteiger partial charge in [0.2, 0.25) is 5.91 Å². The Balaban J connectivity index is 1.77. The number of hydrogen-bond acceptors (Lipinski definition) is 2. The van der Waals surface area contributed by atoms with Gasteiger partial charge in [0.1, 0.15) is 5.82 Å². The maximum atomic E-state index is 13.3. The number of benzene rings is 2. The van der Waals surface area contributed by atoms with Crippen molar-refractivity contribution in [1.29, 1.82) is 0 Å². The first kappa shape index (κ1) is 13.2. The predicted octanol–water partition coefficient (Wildman–Crippen LogP) is 2.55. The van der Waals surface area contributed by atoms with Crippen molar-refractivity contribution in [3.05, 3.63) is 66.0 Å². The van der Waals surface area contributed by atoms with Crippen LogP contribution in [0.3, 0.4) is 0 Å². The molecule has 2 aromatic carbocycles. The first-order valence-electron chi connectivity index (χ1n) is 6.05. The van der Waals surface area contributed by atoms with Crippen molar-refractivity contribution < 1.29 is 9.18 Å². The number of para-hydroxylation sites is 1. The summed E-state index contributed by atoms with van der Waals surface area (Å²) in [6.07, 6.45) is 0. The Bertz CT molecular complexity index is 543. The van der Waals surface area contributed by atoms with Gasteiger partial charge in [0.15, 0.2) is 0 Å². The molecule has 0 aliphatic carbocycles. The van der Waals surface area contributed by atoms with Crippen molar-refractivity contribution in [3.8, 4) is 0 Å². The third-order valence-electron chi connectivity index (χ3n) is 2.62. The van der Waals surface area contributed by atoms with Crippen molar-refractivity contribution >= 4 is 11.6 Å². The molecule has 0 aliphatic rings. The Morgan fingerprint density at radius 1 is 1.00 bits per heavy atom. The topological polar surface area (TPSA) is 41.1 Å². The van der Waals surface area contributed by atoms with Crippen LogP contribution in [0.15, 0.2) is 54.6 Å². The molecule has 2 rings (SSSR count). The fraction of sp³-hybridized carbons (Fsp3) is 0.133. The maximum absolute atomic E-state index is 13.3. The van der Waals surface area contributed by atoms with E-state index in [1.54, 1.807) is 18.2 Å². The van der Waals surface area contributed by atoms with Gasteiger partial charge in [-0.25, -0.2) is 4.39 Å². The van der Waals surface area contributed by atoms with Crippen LogP contribution in [0.25, 0.3) is 0 Å². The van der Waals surface area contributed by atoms with Crippen molar-refractivity contribution in [2.45, 2.75) is 6.54 Å². The van der Waals surface area contributed by atoms with Gasteiger partial charge in [-0.1, -0.05) is 36.4 Å². The summed E-state index contributed by atoms with van der Waals surface area (Å²) in [5.41, 5.74) is 1.30. The molecule has 0 aromatic heterocycles. The van der Waals surface area contributed by atoms with E-state index in [2.05, 4.69) is 10.6 Å². The molecule has 0 spiro atoms. The van der Waals surface area contributed by atoms with Gasteiger partial charge in [0, 0.05) is 17.8 Å². The van der Waals surface area contributed by atoms with Crippen LogP contribution >= 0.6 is 0 Å². The fourth-order valence-electron chi connectivity index (χ4n) is 1.68. The van der Waals surface area contributed by atoms with Gasteiger partial charge >= 0.3 is 0 Å². The van der Waals surface area contributed by atoms with Crippen LogP contribution in [0, 0.1) is 5.82 Å². The zero-order valence-electron chi connectivity index (χ0n) is 10.4. The molecule has 0 fully saturated rings. The molecule has 0 saturated heterocycles. The molecule has 19 heavy (non-hydrogen) atoms. The zero-order valence-corrected chi connectivity index (χ0v) is 10.4. The summed E-state index contributed by atoms with van der Waals surface area (Å²) in [5.74, 6) is -0.416. The number of halogens is 1. The monoisotopic (exact) mass is 258 g/mol. The molecular weight excluding hydrogens is 243 g/mol. The Morgan fingerprint density at radius 3 is 2.42 bits per heavy atom. The Labute approximate surface area is 111 Å². The normalized spacial score (nSPS) is 10.2. The zero-order chi connectivity index (χ0) is 13.5. The second-order valence-corrected chi connectivity index (χ2v) is 4.11. The van der Waals surface area contributed by atoms with Gasteiger partial charge in [-0.15, -0.1) is 0 Å². The largest absolute Gasteiger partial charge is 0.325 e. The number of carbonyl (C=O) groups excluding carboxylic acids is 1. The van der Waals surface area contributed by atoms with E-state index >= 15 is 0 Å². The number of hydrogen-bond donors (Lipinski definition) is 2. The summed E-state index contributed by atoms with van der Waals surface area (Å²) in [6.45, 7) is 0.470. The van der Waals surface area contributed by atoms with Gasteiger partial charge in [-0.05, 0) is 18.2 Å². The molecule has 0 heterocycles. The molecule has 3 nitrogen and oxygen atoms in total. The molecule has 0 saturated carbocycles. The van der Waals surface area contributed by atoms with Crippen molar-refractivity contribution in [2.75, 3.05) is 11.9 Å². The fourth-order valence-corrected chi connectivity index (χ4v) is 1.68. The molecule has 0 aliphatic heterocycles. The van der Waals surface area contributed by atoms with Crippen LogP contribution in [-0.4, -0.2) is 12.5 Å². The first-order chi connectivity index (χ1) is 9.25. The second kappa shape index (κ2) is 6.66. The number of anilines is 1. The quantitative estimate of drug-likeness (QED) is 0.865. The average Bonchev–Trinajstić information content (AvgIpc) is 2.42. The Kier molecular flexibility index (Phi) is 4.64. The molecule has 98 valence electrons. The van der Waals surface area contributed by atoms with Crippen LogP contribution in [0.2, 0.25) is 0 Å². The minimum atomic E-state index is -0.265. The van der Waals surface area contributed by atoms with Crippen LogP contribution in [0.1, 0.15) is 5.56 Å². The van der Waals surface area contributed by atoms with Crippen molar-refractivity contribution in [3.63, 3.8) is 0 Å². The van der Waals surface area contributed by atoms with Crippen LogP contribution < -0.4 is 10.6 Å². The molecule has 2 aromatic rings. The maximum Gasteiger partial charge on any atom is 0.238 e. The lowest BCUT2D eigenvalue weighted by atomic mass is 10.2. The summed E-state index contributed by atoms with van der Waals surface area (Å²) in [7, 11) is 0.